The molecule has 5 atom stereocenters. The van der Waals surface area contributed by atoms with Gasteiger partial charge in [-0.05, 0) is 55.2 Å². The first-order valence-corrected chi connectivity index (χ1v) is 10.7. The molecule has 10 heteroatoms. The summed E-state index contributed by atoms with van der Waals surface area (Å²) in [5.74, 6) is -2.33. The topological polar surface area (TPSA) is 137 Å². The van der Waals surface area contributed by atoms with E-state index in [0.29, 0.717) is 18.4 Å². The molecule has 0 unspecified atom stereocenters. The van der Waals surface area contributed by atoms with Gasteiger partial charge < -0.3 is 35.4 Å². The minimum absolute atomic E-state index is 0.0243. The minimum Gasteiger partial charge on any atom is -0.504 e. The highest BCUT2D eigenvalue weighted by Crippen LogP contribution is 2.49. The monoisotopic (exact) mass is 458 g/mol. The van der Waals surface area contributed by atoms with E-state index in [-0.39, 0.29) is 41.6 Å². The van der Waals surface area contributed by atoms with Crippen LogP contribution in [0.4, 0.5) is 4.39 Å². The van der Waals surface area contributed by atoms with Crippen LogP contribution in [0.25, 0.3) is 0 Å². The molecule has 0 saturated heterocycles. The first kappa shape index (κ1) is 21.5. The number of phenolic OH excluding ortho intramolecular Hbond substituents is 1. The quantitative estimate of drug-likeness (QED) is 0.455. The molecule has 2 aromatic rings. The fraction of sp³-hybridized carbons (Fsp3) is 0.391. The van der Waals surface area contributed by atoms with Crippen molar-refractivity contribution in [1.29, 1.82) is 0 Å². The largest absolute Gasteiger partial charge is 0.504 e. The number of hydrogen-bond donors (Lipinski definition) is 5. The Morgan fingerprint density at radius 2 is 1.91 bits per heavy atom. The Morgan fingerprint density at radius 1 is 1.15 bits per heavy atom. The summed E-state index contributed by atoms with van der Waals surface area (Å²) in [4.78, 5) is 25.9. The Hall–Kier alpha value is -3.37. The Morgan fingerprint density at radius 3 is 2.67 bits per heavy atom. The minimum atomic E-state index is -1.36. The van der Waals surface area contributed by atoms with Crippen LogP contribution in [0, 0.1) is 5.82 Å². The zero-order chi connectivity index (χ0) is 23.3. The molecule has 2 amide bonds. The number of amides is 2. The zero-order valence-corrected chi connectivity index (χ0v) is 17.5. The molecule has 0 bridgehead atoms. The molecular formula is C23H23FN2O7. The smallest absolute Gasteiger partial charge is 0.255 e. The number of phenols is 1. The summed E-state index contributed by atoms with van der Waals surface area (Å²) in [6.07, 6.45) is -1.18. The van der Waals surface area contributed by atoms with Gasteiger partial charge in [0.2, 0.25) is 12.5 Å². The predicted molar refractivity (Wildman–Crippen MR) is 112 cm³/mol. The molecule has 9 nitrogen and oxygen atoms in total. The van der Waals surface area contributed by atoms with Gasteiger partial charge in [-0.15, -0.1) is 0 Å². The van der Waals surface area contributed by atoms with E-state index in [2.05, 4.69) is 10.6 Å². The van der Waals surface area contributed by atoms with Crippen LogP contribution in [-0.2, 0) is 0 Å². The van der Waals surface area contributed by atoms with Crippen LogP contribution >= 0.6 is 0 Å². The van der Waals surface area contributed by atoms with Crippen molar-refractivity contribution in [3.05, 3.63) is 52.8 Å². The van der Waals surface area contributed by atoms with E-state index in [1.54, 1.807) is 6.07 Å². The van der Waals surface area contributed by atoms with Gasteiger partial charge in [-0.25, -0.2) is 4.39 Å². The van der Waals surface area contributed by atoms with Gasteiger partial charge in [-0.2, -0.15) is 0 Å². The maximum absolute atomic E-state index is 13.3. The molecule has 5 rings (SSSR count). The molecule has 2 heterocycles. The highest BCUT2D eigenvalue weighted by atomic mass is 19.1. The van der Waals surface area contributed by atoms with E-state index in [9.17, 15) is 29.3 Å². The van der Waals surface area contributed by atoms with E-state index < -0.39 is 47.8 Å². The summed E-state index contributed by atoms with van der Waals surface area (Å²) < 4.78 is 24.0. The van der Waals surface area contributed by atoms with Crippen LogP contribution in [0.2, 0.25) is 0 Å². The Kier molecular flexibility index (Phi) is 5.34. The number of fused-ring (bicyclic) bond motifs is 4. The summed E-state index contributed by atoms with van der Waals surface area (Å²) >= 11 is 0. The lowest BCUT2D eigenvalue weighted by Crippen LogP contribution is -2.59. The number of rotatable bonds is 2. The second-order valence-electron chi connectivity index (χ2n) is 8.52. The summed E-state index contributed by atoms with van der Waals surface area (Å²) in [5.41, 5.74) is 0.525. The molecule has 2 aromatic carbocycles. The van der Waals surface area contributed by atoms with Crippen molar-refractivity contribution in [3.63, 3.8) is 0 Å². The Bertz CT molecular complexity index is 1110. The lowest BCUT2D eigenvalue weighted by Gasteiger charge is -2.43. The standard InChI is InChI=1S/C23H23FN2O7/c24-11-6-4-10(5-7-11)22(30)26-18-16-12-8-15-21(33-9-32-15)20(29)17(12)23(31)25-13(16)2-1-3-14(27)19(18)28/h4-8,13-14,16,18-19,27-29H,1-3,9H2,(H,25,31)(H,26,30)/t13-,14-,16+,18+,19+/m0/s1. The maximum atomic E-state index is 13.3. The lowest BCUT2D eigenvalue weighted by atomic mass is 9.72. The number of carbonyl (C=O) groups excluding carboxylic acids is 2. The molecule has 33 heavy (non-hydrogen) atoms. The summed E-state index contributed by atoms with van der Waals surface area (Å²) in [6, 6.07) is 4.99. The number of ether oxygens (including phenoxy) is 2. The molecule has 1 saturated carbocycles. The summed E-state index contributed by atoms with van der Waals surface area (Å²) in [5, 5.41) is 37.9. The lowest BCUT2D eigenvalue weighted by molar-refractivity contribution is -0.0240. The third-order valence-corrected chi connectivity index (χ3v) is 6.57. The molecule has 5 N–H and O–H groups in total. The van der Waals surface area contributed by atoms with Crippen molar-refractivity contribution < 1.29 is 38.8 Å². The fourth-order valence-electron chi connectivity index (χ4n) is 4.97. The number of aromatic hydroxyl groups is 1. The highest BCUT2D eigenvalue weighted by molar-refractivity contribution is 6.01. The van der Waals surface area contributed by atoms with Crippen LogP contribution in [0.1, 0.15) is 51.5 Å². The van der Waals surface area contributed by atoms with Gasteiger partial charge in [-0.1, -0.05) is 0 Å². The molecule has 0 spiro atoms. The zero-order valence-electron chi connectivity index (χ0n) is 17.5. The van der Waals surface area contributed by atoms with Crippen LogP contribution < -0.4 is 20.1 Å². The highest BCUT2D eigenvalue weighted by Gasteiger charge is 2.47. The molecule has 0 radical (unpaired) electrons. The van der Waals surface area contributed by atoms with Gasteiger partial charge >= 0.3 is 0 Å². The van der Waals surface area contributed by atoms with Gasteiger partial charge in [0, 0.05) is 17.5 Å². The van der Waals surface area contributed by atoms with Crippen molar-refractivity contribution in [3.8, 4) is 17.2 Å². The summed E-state index contributed by atoms with van der Waals surface area (Å²) in [7, 11) is 0. The van der Waals surface area contributed by atoms with Crippen molar-refractivity contribution in [2.24, 2.45) is 0 Å². The van der Waals surface area contributed by atoms with Crippen molar-refractivity contribution >= 4 is 11.8 Å². The molecule has 0 aromatic heterocycles. The number of nitrogens with one attached hydrogen (secondary N) is 2. The van der Waals surface area contributed by atoms with Gasteiger partial charge in [0.15, 0.2) is 11.5 Å². The van der Waals surface area contributed by atoms with E-state index in [1.165, 1.54) is 12.1 Å². The predicted octanol–water partition coefficient (Wildman–Crippen LogP) is 1.16. The molecule has 1 aliphatic carbocycles. The molecule has 174 valence electrons. The third kappa shape index (κ3) is 3.65. The molecular weight excluding hydrogens is 435 g/mol. The van der Waals surface area contributed by atoms with E-state index >= 15 is 0 Å². The molecule has 3 aliphatic rings. The van der Waals surface area contributed by atoms with Gasteiger partial charge in [-0.3, -0.25) is 9.59 Å². The first-order chi connectivity index (χ1) is 15.8. The number of halogens is 1. The average molecular weight is 458 g/mol. The van der Waals surface area contributed by atoms with Crippen molar-refractivity contribution in [2.45, 2.75) is 49.5 Å². The maximum Gasteiger partial charge on any atom is 0.255 e. The third-order valence-electron chi connectivity index (χ3n) is 6.57. The van der Waals surface area contributed by atoms with Gasteiger partial charge in [0.1, 0.15) is 11.9 Å². The van der Waals surface area contributed by atoms with E-state index in [4.69, 9.17) is 9.47 Å². The summed E-state index contributed by atoms with van der Waals surface area (Å²) in [6.45, 7) is -0.117. The number of aliphatic hydroxyl groups excluding tert-OH is 2. The van der Waals surface area contributed by atoms with E-state index in [0.717, 1.165) is 12.1 Å². The average Bonchev–Trinajstić information content (AvgIpc) is 3.26. The van der Waals surface area contributed by atoms with Crippen molar-refractivity contribution in [2.75, 3.05) is 6.79 Å². The number of aliphatic hydroxyl groups is 2. The SMILES string of the molecule is O=C(N[C@H]1[C@H](O)[C@@H](O)CCC[C@@H]2NC(=O)c3c(cc4c(c3O)OCO4)[C@@H]12)c1ccc(F)cc1. The number of benzene rings is 2. The van der Waals surface area contributed by atoms with Gasteiger partial charge in [0.05, 0.1) is 17.7 Å². The van der Waals surface area contributed by atoms with E-state index in [1.807, 2.05) is 0 Å². The normalized spacial score (nSPS) is 28.1. The van der Waals surface area contributed by atoms with Crippen LogP contribution in [0.15, 0.2) is 30.3 Å². The van der Waals surface area contributed by atoms with Crippen LogP contribution in [0.3, 0.4) is 0 Å². The first-order valence-electron chi connectivity index (χ1n) is 10.7. The Labute approximate surface area is 188 Å². The second-order valence-corrected chi connectivity index (χ2v) is 8.52. The molecule has 2 aliphatic heterocycles. The molecule has 1 fully saturated rings. The van der Waals surface area contributed by atoms with Crippen molar-refractivity contribution in [1.82, 2.24) is 10.6 Å². The Balaban J connectivity index is 1.60. The van der Waals surface area contributed by atoms with Crippen LogP contribution in [-0.4, -0.2) is 58.2 Å². The number of carbonyl (C=O) groups is 2. The van der Waals surface area contributed by atoms with Gasteiger partial charge in [0.25, 0.3) is 11.8 Å². The van der Waals surface area contributed by atoms with Crippen LogP contribution in [0.5, 0.6) is 17.2 Å². The fourth-order valence-corrected chi connectivity index (χ4v) is 4.97. The second kappa shape index (κ2) is 8.20. The number of hydrogen-bond acceptors (Lipinski definition) is 7.